The van der Waals surface area contributed by atoms with Crippen LogP contribution in [0.2, 0.25) is 0 Å². The van der Waals surface area contributed by atoms with Crippen LogP contribution in [0.25, 0.3) is 22.4 Å². The van der Waals surface area contributed by atoms with Crippen molar-refractivity contribution < 1.29 is 4.57 Å². The van der Waals surface area contributed by atoms with Gasteiger partial charge >= 0.3 is 0 Å². The van der Waals surface area contributed by atoms with Crippen molar-refractivity contribution in [2.45, 2.75) is 129 Å². The summed E-state index contributed by atoms with van der Waals surface area (Å²) in [6, 6.07) is 25.1. The molecule has 4 aliphatic heterocycles. The Morgan fingerprint density at radius 3 is 2.37 bits per heavy atom. The van der Waals surface area contributed by atoms with Gasteiger partial charge in [-0.05, 0) is 122 Å². The average molecular weight is 706 g/mol. The van der Waals surface area contributed by atoms with E-state index in [1.54, 1.807) is 21.7 Å². The summed E-state index contributed by atoms with van der Waals surface area (Å²) < 4.78 is 2.71. The Kier molecular flexibility index (Phi) is 7.76. The first-order chi connectivity index (χ1) is 25.0. The van der Waals surface area contributed by atoms with Gasteiger partial charge in [0.05, 0.1) is 11.6 Å². The van der Waals surface area contributed by atoms with Crippen LogP contribution >= 0.6 is 7.92 Å². The third-order valence-corrected chi connectivity index (χ3v) is 17.3. The summed E-state index contributed by atoms with van der Waals surface area (Å²) in [5.41, 5.74) is 18.0. The van der Waals surface area contributed by atoms with Crippen LogP contribution in [-0.4, -0.2) is 17.1 Å². The van der Waals surface area contributed by atoms with E-state index in [4.69, 9.17) is 0 Å². The summed E-state index contributed by atoms with van der Waals surface area (Å²) in [5, 5.41) is 3.32. The molecule has 0 amide bonds. The highest BCUT2D eigenvalue weighted by atomic mass is 31.1. The largest absolute Gasteiger partial charge is 0.360 e. The van der Waals surface area contributed by atoms with Gasteiger partial charge in [-0.3, -0.25) is 0 Å². The lowest BCUT2D eigenvalue weighted by Gasteiger charge is -2.63. The number of aromatic nitrogens is 1. The van der Waals surface area contributed by atoms with Crippen LogP contribution in [0.4, 0.5) is 0 Å². The maximum absolute atomic E-state index is 2.92. The Bertz CT molecular complexity index is 2170. The molecule has 0 radical (unpaired) electrons. The molecular weight excluding hydrogens is 648 g/mol. The van der Waals surface area contributed by atoms with E-state index < -0.39 is 7.92 Å². The number of benzene rings is 3. The lowest BCUT2D eigenvalue weighted by Crippen LogP contribution is -2.67. The maximum atomic E-state index is 2.92. The Morgan fingerprint density at radius 2 is 1.65 bits per heavy atom. The molecule has 6 unspecified atom stereocenters. The summed E-state index contributed by atoms with van der Waals surface area (Å²) in [5.74, 6) is 0.353. The van der Waals surface area contributed by atoms with Crippen LogP contribution in [0.5, 0.6) is 0 Å². The van der Waals surface area contributed by atoms with Crippen molar-refractivity contribution in [2.24, 2.45) is 5.92 Å². The van der Waals surface area contributed by atoms with Gasteiger partial charge in [-0.2, -0.15) is 4.57 Å². The molecular formula is C49H58N2P+. The minimum Gasteiger partial charge on any atom is -0.360 e. The molecule has 2 nitrogen and oxygen atoms in total. The van der Waals surface area contributed by atoms with Gasteiger partial charge in [-0.15, -0.1) is 0 Å². The van der Waals surface area contributed by atoms with Crippen molar-refractivity contribution in [3.8, 4) is 22.4 Å². The fraction of sp³-hybridized carbons (Fsp3) is 0.449. The van der Waals surface area contributed by atoms with E-state index in [0.29, 0.717) is 12.0 Å². The number of allylic oxidation sites excluding steroid dienone is 2. The number of hydrogen-bond donors (Lipinski definition) is 0. The van der Waals surface area contributed by atoms with Gasteiger partial charge < -0.3 is 4.90 Å². The molecule has 1 aliphatic carbocycles. The van der Waals surface area contributed by atoms with Crippen molar-refractivity contribution in [3.63, 3.8) is 0 Å². The first kappa shape index (κ1) is 34.3. The number of unbranched alkanes of at least 4 members (excludes halogenated alkanes) is 1. The number of aryl methyl sites for hydroxylation is 2. The van der Waals surface area contributed by atoms with Crippen molar-refractivity contribution >= 4 is 13.2 Å². The van der Waals surface area contributed by atoms with Crippen LogP contribution in [0, 0.1) is 12.8 Å². The Labute approximate surface area is 314 Å². The van der Waals surface area contributed by atoms with Gasteiger partial charge in [0.1, 0.15) is 0 Å². The van der Waals surface area contributed by atoms with Crippen molar-refractivity contribution in [3.05, 3.63) is 129 Å². The topological polar surface area (TPSA) is 7.12 Å². The average Bonchev–Trinajstić information content (AvgIpc) is 3.74. The Hall–Kier alpha value is -3.48. The first-order valence-electron chi connectivity index (χ1n) is 20.4. The quantitative estimate of drug-likeness (QED) is 0.124. The van der Waals surface area contributed by atoms with Crippen molar-refractivity contribution in [1.29, 1.82) is 0 Å². The van der Waals surface area contributed by atoms with E-state index in [1.165, 1.54) is 75.0 Å². The normalized spacial score (nSPS) is 27.3. The molecule has 6 atom stereocenters. The summed E-state index contributed by atoms with van der Waals surface area (Å²) >= 11 is 0. The second kappa shape index (κ2) is 11.8. The molecule has 5 heterocycles. The van der Waals surface area contributed by atoms with E-state index >= 15 is 0 Å². The van der Waals surface area contributed by atoms with Crippen molar-refractivity contribution in [2.75, 3.05) is 6.66 Å². The smallest absolute Gasteiger partial charge is 0.217 e. The van der Waals surface area contributed by atoms with E-state index in [1.807, 2.05) is 0 Å². The maximum Gasteiger partial charge on any atom is 0.217 e. The third kappa shape index (κ3) is 4.09. The van der Waals surface area contributed by atoms with Gasteiger partial charge in [-0.1, -0.05) is 109 Å². The summed E-state index contributed by atoms with van der Waals surface area (Å²) in [4.78, 5) is 2.92. The SMILES string of the molecule is CCCCc1ccc(-c2ccc3c4c2P(C)C2=CC(CC)=CN(C24)C(C)(CC)C3(CC)C(C)C2c3cccc4c3-c3c(ccc[n+]32)C4(C)C)c(C)c1. The first-order valence-corrected chi connectivity index (χ1v) is 22.2. The lowest BCUT2D eigenvalue weighted by atomic mass is 9.51. The zero-order valence-electron chi connectivity index (χ0n) is 33.3. The van der Waals surface area contributed by atoms with Crippen LogP contribution in [0.1, 0.15) is 139 Å². The van der Waals surface area contributed by atoms with E-state index in [-0.39, 0.29) is 22.4 Å². The molecule has 1 aromatic heterocycles. The molecule has 0 saturated carbocycles. The minimum atomic E-state index is -0.488. The number of hydrogen-bond acceptors (Lipinski definition) is 1. The number of rotatable bonds is 9. The Morgan fingerprint density at radius 1 is 0.885 bits per heavy atom. The standard InChI is InChI=1S/C49H58N2P/c1-11-15-18-33-22-23-34(30(5)27-33)35-24-25-38-42-45-40(52(10)46(35)42)28-32(12-2)29-51(45)48(9,13-3)49(38,14-4)31(6)43-36-19-16-20-37-41(36)44-39(47(37,7)8)21-17-26-50(43)44/h16-17,19-29,31,43,45H,11-15,18H2,1-10H3/q+1. The number of nitrogens with zero attached hydrogens (tertiary/aromatic N) is 2. The molecule has 0 fully saturated rings. The van der Waals surface area contributed by atoms with Crippen LogP contribution in [-0.2, 0) is 17.3 Å². The molecule has 0 bridgehead atoms. The third-order valence-electron chi connectivity index (χ3n) is 15.0. The summed E-state index contributed by atoms with van der Waals surface area (Å²) in [6.45, 7) is 24.7. The fourth-order valence-corrected chi connectivity index (χ4v) is 14.7. The molecule has 5 aliphatic rings. The predicted molar refractivity (Wildman–Crippen MR) is 221 cm³/mol. The molecule has 52 heavy (non-hydrogen) atoms. The van der Waals surface area contributed by atoms with Gasteiger partial charge in [0.2, 0.25) is 5.69 Å². The molecule has 3 heteroatoms. The van der Waals surface area contributed by atoms with Crippen LogP contribution in [0.3, 0.4) is 0 Å². The lowest BCUT2D eigenvalue weighted by molar-refractivity contribution is -0.706. The second-order valence-corrected chi connectivity index (χ2v) is 19.5. The highest BCUT2D eigenvalue weighted by molar-refractivity contribution is 7.70. The van der Waals surface area contributed by atoms with E-state index in [9.17, 15) is 0 Å². The second-order valence-electron chi connectivity index (χ2n) is 17.4. The molecule has 3 aromatic carbocycles. The summed E-state index contributed by atoms with van der Waals surface area (Å²) in [6.07, 6.45) is 14.6. The highest BCUT2D eigenvalue weighted by Gasteiger charge is 2.66. The molecule has 0 spiro atoms. The Balaban J connectivity index is 1.31. The summed E-state index contributed by atoms with van der Waals surface area (Å²) in [7, 11) is -0.488. The van der Waals surface area contributed by atoms with Crippen LogP contribution < -0.4 is 9.87 Å². The molecule has 0 saturated heterocycles. The monoisotopic (exact) mass is 705 g/mol. The fourth-order valence-electron chi connectivity index (χ4n) is 12.3. The van der Waals surface area contributed by atoms with Gasteiger partial charge in [0, 0.05) is 45.7 Å². The minimum absolute atomic E-state index is 0.0233. The highest BCUT2D eigenvalue weighted by Crippen LogP contribution is 2.69. The van der Waals surface area contributed by atoms with Crippen LogP contribution in [0.15, 0.2) is 90.0 Å². The molecule has 0 N–H and O–H groups in total. The predicted octanol–water partition coefficient (Wildman–Crippen LogP) is 12.0. The molecule has 9 rings (SSSR count). The van der Waals surface area contributed by atoms with E-state index in [0.717, 1.165) is 19.3 Å². The zero-order chi connectivity index (χ0) is 36.5. The molecule has 268 valence electrons. The zero-order valence-corrected chi connectivity index (χ0v) is 34.2. The van der Waals surface area contributed by atoms with Crippen molar-refractivity contribution in [1.82, 2.24) is 4.90 Å². The van der Waals surface area contributed by atoms with Gasteiger partial charge in [0.25, 0.3) is 0 Å². The number of pyridine rings is 1. The van der Waals surface area contributed by atoms with Gasteiger partial charge in [-0.25, -0.2) is 0 Å². The van der Waals surface area contributed by atoms with Gasteiger partial charge in [0.15, 0.2) is 12.2 Å². The molecule has 4 aromatic rings. The van der Waals surface area contributed by atoms with E-state index in [2.05, 4.69) is 158 Å².